The van der Waals surface area contributed by atoms with E-state index in [-0.39, 0.29) is 36.8 Å². The van der Waals surface area contributed by atoms with E-state index in [2.05, 4.69) is 4.98 Å². The van der Waals surface area contributed by atoms with Crippen molar-refractivity contribution in [3.8, 4) is 0 Å². The maximum atomic E-state index is 12.8. The number of carbonyl (C=O) groups is 1. The highest BCUT2D eigenvalue weighted by molar-refractivity contribution is 7.09. The van der Waals surface area contributed by atoms with Gasteiger partial charge in [0.1, 0.15) is 11.1 Å². The van der Waals surface area contributed by atoms with E-state index in [1.54, 1.807) is 16.2 Å². The minimum atomic E-state index is -0.482. The Labute approximate surface area is 166 Å². The maximum Gasteiger partial charge on any atom is 0.230 e. The van der Waals surface area contributed by atoms with Crippen LogP contribution in [0.25, 0.3) is 0 Å². The number of amides is 1. The molecule has 1 unspecified atom stereocenters. The lowest BCUT2D eigenvalue weighted by atomic mass is 9.79. The molecule has 146 valence electrons. The minimum absolute atomic E-state index is 0. The van der Waals surface area contributed by atoms with E-state index in [0.29, 0.717) is 45.8 Å². The lowest BCUT2D eigenvalue weighted by Gasteiger charge is -2.37. The Morgan fingerprint density at radius 2 is 2.12 bits per heavy atom. The van der Waals surface area contributed by atoms with Crippen LogP contribution in [0.15, 0.2) is 5.38 Å². The van der Waals surface area contributed by atoms with Gasteiger partial charge in [0.2, 0.25) is 5.91 Å². The summed E-state index contributed by atoms with van der Waals surface area (Å²) in [7, 11) is 1.82. The van der Waals surface area contributed by atoms with E-state index >= 15 is 0 Å². The Kier molecular flexibility index (Phi) is 11.1. The minimum Gasteiger partial charge on any atom is -0.381 e. The third kappa shape index (κ3) is 6.05. The van der Waals surface area contributed by atoms with E-state index in [4.69, 9.17) is 15.2 Å². The average Bonchev–Trinajstić information content (AvgIpc) is 3.03. The van der Waals surface area contributed by atoms with Gasteiger partial charge < -0.3 is 20.1 Å². The van der Waals surface area contributed by atoms with Gasteiger partial charge in [-0.05, 0) is 26.7 Å². The molecule has 1 saturated heterocycles. The van der Waals surface area contributed by atoms with Crippen molar-refractivity contribution in [1.29, 1.82) is 0 Å². The normalized spacial score (nSPS) is 17.1. The van der Waals surface area contributed by atoms with Gasteiger partial charge in [0.15, 0.2) is 0 Å². The summed E-state index contributed by atoms with van der Waals surface area (Å²) in [5.74, 6) is 0.0932. The highest BCUT2D eigenvalue weighted by atomic mass is 35.5. The Morgan fingerprint density at radius 1 is 1.48 bits per heavy atom. The highest BCUT2D eigenvalue weighted by Gasteiger charge is 2.40. The van der Waals surface area contributed by atoms with Crippen molar-refractivity contribution in [3.05, 3.63) is 16.1 Å². The average molecular weight is 414 g/mol. The largest absolute Gasteiger partial charge is 0.381 e. The van der Waals surface area contributed by atoms with Crippen molar-refractivity contribution in [2.24, 2.45) is 11.1 Å². The molecule has 1 aromatic heterocycles. The Bertz CT molecular complexity index is 524. The fraction of sp³-hybridized carbons (Fsp3) is 0.750. The molecule has 2 heterocycles. The molecule has 2 rings (SSSR count). The fourth-order valence-electron chi connectivity index (χ4n) is 2.89. The summed E-state index contributed by atoms with van der Waals surface area (Å²) in [5.41, 5.74) is 6.33. The van der Waals surface area contributed by atoms with Crippen LogP contribution in [0.4, 0.5) is 0 Å². The van der Waals surface area contributed by atoms with E-state index < -0.39 is 5.41 Å². The summed E-state index contributed by atoms with van der Waals surface area (Å²) in [5, 5.41) is 2.94. The van der Waals surface area contributed by atoms with Crippen LogP contribution in [0.5, 0.6) is 0 Å². The molecular formula is C16H29Cl2N3O3S. The standard InChI is InChI=1S/C16H27N3O3S.2ClH/c1-4-22-12(2)14-18-13(10-23-14)9-19(3)15(20)16(11-17)5-7-21-8-6-16;;/h10,12H,4-9,11,17H2,1-3H3;2*1H. The highest BCUT2D eigenvalue weighted by Crippen LogP contribution is 2.32. The van der Waals surface area contributed by atoms with Gasteiger partial charge in [0.05, 0.1) is 17.7 Å². The number of hydrogen-bond acceptors (Lipinski definition) is 6. The number of halogens is 2. The number of hydrogen-bond donors (Lipinski definition) is 1. The molecule has 1 fully saturated rings. The first-order valence-electron chi connectivity index (χ1n) is 8.11. The zero-order valence-electron chi connectivity index (χ0n) is 15.0. The Balaban J connectivity index is 0.00000288. The van der Waals surface area contributed by atoms with Gasteiger partial charge in [-0.1, -0.05) is 0 Å². The molecule has 0 spiro atoms. The van der Waals surface area contributed by atoms with Gasteiger partial charge in [0, 0.05) is 38.8 Å². The third-order valence-corrected chi connectivity index (χ3v) is 5.43. The monoisotopic (exact) mass is 413 g/mol. The van der Waals surface area contributed by atoms with Crippen LogP contribution in [-0.4, -0.2) is 49.2 Å². The van der Waals surface area contributed by atoms with Crippen molar-refractivity contribution in [1.82, 2.24) is 9.88 Å². The predicted molar refractivity (Wildman–Crippen MR) is 105 cm³/mol. The van der Waals surface area contributed by atoms with Gasteiger partial charge in [0.25, 0.3) is 0 Å². The molecule has 0 saturated carbocycles. The third-order valence-electron chi connectivity index (χ3n) is 4.37. The second-order valence-corrected chi connectivity index (χ2v) is 6.92. The first-order chi connectivity index (χ1) is 11.0. The topological polar surface area (TPSA) is 77.7 Å². The lowest BCUT2D eigenvalue weighted by molar-refractivity contribution is -0.146. The summed E-state index contributed by atoms with van der Waals surface area (Å²) in [6, 6.07) is 0. The van der Waals surface area contributed by atoms with Crippen LogP contribution in [-0.2, 0) is 20.8 Å². The molecule has 1 aliphatic rings. The van der Waals surface area contributed by atoms with E-state index in [1.807, 2.05) is 26.3 Å². The van der Waals surface area contributed by atoms with Gasteiger partial charge in [-0.25, -0.2) is 4.98 Å². The van der Waals surface area contributed by atoms with Crippen LogP contribution < -0.4 is 5.73 Å². The Morgan fingerprint density at radius 3 is 2.68 bits per heavy atom. The number of rotatable bonds is 7. The van der Waals surface area contributed by atoms with Crippen molar-refractivity contribution >= 4 is 42.1 Å². The van der Waals surface area contributed by atoms with Crippen LogP contribution in [0, 0.1) is 5.41 Å². The number of thiazole rings is 1. The predicted octanol–water partition coefficient (Wildman–Crippen LogP) is 2.80. The summed E-state index contributed by atoms with van der Waals surface area (Å²) < 4.78 is 10.9. The quantitative estimate of drug-likeness (QED) is 0.743. The number of carbonyl (C=O) groups excluding carboxylic acids is 1. The van der Waals surface area contributed by atoms with Crippen molar-refractivity contribution in [3.63, 3.8) is 0 Å². The second kappa shape index (κ2) is 11.3. The van der Waals surface area contributed by atoms with Gasteiger partial charge in [-0.15, -0.1) is 36.2 Å². The smallest absolute Gasteiger partial charge is 0.230 e. The lowest BCUT2D eigenvalue weighted by Crippen LogP contribution is -2.49. The Hall–Kier alpha value is -0.440. The first kappa shape index (κ1) is 24.6. The molecule has 1 amide bonds. The zero-order chi connectivity index (χ0) is 16.9. The summed E-state index contributed by atoms with van der Waals surface area (Å²) in [4.78, 5) is 19.2. The summed E-state index contributed by atoms with van der Waals surface area (Å²) in [6.07, 6.45) is 1.37. The van der Waals surface area contributed by atoms with E-state index in [1.165, 1.54) is 0 Å². The molecule has 9 heteroatoms. The summed E-state index contributed by atoms with van der Waals surface area (Å²) in [6.45, 7) is 6.69. The number of ether oxygens (including phenoxy) is 2. The molecule has 1 atom stereocenters. The van der Waals surface area contributed by atoms with E-state index in [9.17, 15) is 4.79 Å². The maximum absolute atomic E-state index is 12.8. The van der Waals surface area contributed by atoms with Crippen LogP contribution >= 0.6 is 36.2 Å². The van der Waals surface area contributed by atoms with Crippen LogP contribution in [0.3, 0.4) is 0 Å². The van der Waals surface area contributed by atoms with Gasteiger partial charge in [-0.2, -0.15) is 0 Å². The summed E-state index contributed by atoms with van der Waals surface area (Å²) >= 11 is 1.57. The molecule has 0 aliphatic carbocycles. The van der Waals surface area contributed by atoms with Gasteiger partial charge in [-0.3, -0.25) is 4.79 Å². The number of nitrogens with zero attached hydrogens (tertiary/aromatic N) is 2. The number of nitrogens with two attached hydrogens (primary N) is 1. The molecule has 25 heavy (non-hydrogen) atoms. The van der Waals surface area contributed by atoms with Gasteiger partial charge >= 0.3 is 0 Å². The molecular weight excluding hydrogens is 385 g/mol. The molecule has 1 aliphatic heterocycles. The fourth-order valence-corrected chi connectivity index (χ4v) is 3.70. The zero-order valence-corrected chi connectivity index (χ0v) is 17.5. The molecule has 0 aromatic carbocycles. The molecule has 1 aromatic rings. The number of aromatic nitrogens is 1. The first-order valence-corrected chi connectivity index (χ1v) is 8.99. The van der Waals surface area contributed by atoms with Crippen LogP contribution in [0.2, 0.25) is 0 Å². The molecule has 0 radical (unpaired) electrons. The van der Waals surface area contributed by atoms with Crippen LogP contribution in [0.1, 0.15) is 43.5 Å². The SMILES string of the molecule is CCOC(C)c1nc(CN(C)C(=O)C2(CN)CCOCC2)cs1.Cl.Cl. The van der Waals surface area contributed by atoms with E-state index in [0.717, 1.165) is 10.7 Å². The van der Waals surface area contributed by atoms with Crippen molar-refractivity contribution in [2.45, 2.75) is 39.3 Å². The van der Waals surface area contributed by atoms with Crippen molar-refractivity contribution in [2.75, 3.05) is 33.4 Å². The second-order valence-electron chi connectivity index (χ2n) is 6.03. The van der Waals surface area contributed by atoms with Crippen molar-refractivity contribution < 1.29 is 14.3 Å². The molecule has 2 N–H and O–H groups in total. The molecule has 6 nitrogen and oxygen atoms in total. The molecule has 0 bridgehead atoms.